The van der Waals surface area contributed by atoms with Gasteiger partial charge in [-0.2, -0.15) is 0 Å². The van der Waals surface area contributed by atoms with Crippen molar-refractivity contribution in [3.63, 3.8) is 0 Å². The molecule has 1 heterocycles. The molecule has 6 nitrogen and oxygen atoms in total. The molecule has 0 fully saturated rings. The Morgan fingerprint density at radius 2 is 1.85 bits per heavy atom. The van der Waals surface area contributed by atoms with Gasteiger partial charge in [-0.3, -0.25) is 14.9 Å². The van der Waals surface area contributed by atoms with Crippen LogP contribution in [0.1, 0.15) is 39.7 Å². The number of ketones is 1. The summed E-state index contributed by atoms with van der Waals surface area (Å²) in [6.07, 6.45) is 0.265. The summed E-state index contributed by atoms with van der Waals surface area (Å²) in [5, 5.41) is 15.0. The van der Waals surface area contributed by atoms with Crippen LogP contribution >= 0.6 is 0 Å². The van der Waals surface area contributed by atoms with Crippen molar-refractivity contribution in [1.29, 1.82) is 0 Å². The van der Waals surface area contributed by atoms with E-state index in [4.69, 9.17) is 4.52 Å². The van der Waals surface area contributed by atoms with Gasteiger partial charge in [-0.15, -0.1) is 0 Å². The molecule has 0 spiro atoms. The van der Waals surface area contributed by atoms with Crippen molar-refractivity contribution in [2.45, 2.75) is 25.7 Å². The maximum atomic E-state index is 13.1. The highest BCUT2D eigenvalue weighted by Crippen LogP contribution is 2.31. The molecule has 0 aliphatic carbocycles. The maximum Gasteiger partial charge on any atom is 0.334 e. The molecule has 27 heavy (non-hydrogen) atoms. The Morgan fingerprint density at radius 1 is 1.19 bits per heavy atom. The zero-order chi connectivity index (χ0) is 19.4. The summed E-state index contributed by atoms with van der Waals surface area (Å²) < 4.78 is 18.3. The van der Waals surface area contributed by atoms with Crippen LogP contribution in [0.2, 0.25) is 0 Å². The van der Waals surface area contributed by atoms with Crippen LogP contribution in [0.15, 0.2) is 59.1 Å². The lowest BCUT2D eigenvalue weighted by atomic mass is 9.88. The first-order valence-corrected chi connectivity index (χ1v) is 8.39. The van der Waals surface area contributed by atoms with Crippen molar-refractivity contribution in [3.8, 4) is 0 Å². The predicted octanol–water partition coefficient (Wildman–Crippen LogP) is 4.63. The first-order chi connectivity index (χ1) is 13.0. The Bertz CT molecular complexity index is 952. The molecule has 1 unspecified atom stereocenters. The molecule has 7 heteroatoms. The van der Waals surface area contributed by atoms with Gasteiger partial charge in [0.25, 0.3) is 0 Å². The van der Waals surface area contributed by atoms with Crippen LogP contribution in [-0.2, 0) is 6.42 Å². The average molecular weight is 368 g/mol. The van der Waals surface area contributed by atoms with Gasteiger partial charge in [-0.05, 0) is 42.7 Å². The molecule has 0 radical (unpaired) electrons. The van der Waals surface area contributed by atoms with E-state index in [0.717, 1.165) is 5.56 Å². The van der Waals surface area contributed by atoms with Crippen molar-refractivity contribution in [2.75, 3.05) is 0 Å². The Hall–Kier alpha value is -3.35. The summed E-state index contributed by atoms with van der Waals surface area (Å²) in [4.78, 5) is 23.4. The third-order valence-electron chi connectivity index (χ3n) is 4.38. The molecule has 0 aliphatic heterocycles. The molecule has 0 amide bonds. The molecule has 1 aromatic heterocycles. The van der Waals surface area contributed by atoms with E-state index in [0.29, 0.717) is 5.56 Å². The Balaban J connectivity index is 1.89. The minimum absolute atomic E-state index is 0.104. The number of aromatic nitrogens is 1. The highest BCUT2D eigenvalue weighted by atomic mass is 19.1. The lowest BCUT2D eigenvalue weighted by molar-refractivity contribution is -0.386. The van der Waals surface area contributed by atoms with E-state index in [1.54, 1.807) is 0 Å². The number of hydrogen-bond donors (Lipinski definition) is 0. The fraction of sp³-hybridized carbons (Fsp3) is 0.200. The number of rotatable bonds is 7. The molecule has 1 atom stereocenters. The summed E-state index contributed by atoms with van der Waals surface area (Å²) in [5.74, 6) is -0.797. The Labute approximate surface area is 154 Å². The van der Waals surface area contributed by atoms with Gasteiger partial charge in [0, 0.05) is 18.4 Å². The number of aryl methyl sites for hydroxylation is 1. The van der Waals surface area contributed by atoms with Crippen LogP contribution in [0.3, 0.4) is 0 Å². The first-order valence-electron chi connectivity index (χ1n) is 8.39. The number of Topliss-reactive ketones (excluding diaryl/α,β-unsaturated/α-hetero) is 1. The van der Waals surface area contributed by atoms with E-state index in [2.05, 4.69) is 5.16 Å². The molecule has 0 saturated heterocycles. The standard InChI is InChI=1S/C20H17FN2O4/c1-13-20(23(25)26)19(27-22-13)12-16(14-5-3-2-4-6-14)11-18(24)15-7-9-17(21)10-8-15/h2-10,16H,11-12H2,1H3. The summed E-state index contributed by atoms with van der Waals surface area (Å²) >= 11 is 0. The zero-order valence-corrected chi connectivity index (χ0v) is 14.6. The third-order valence-corrected chi connectivity index (χ3v) is 4.38. The quantitative estimate of drug-likeness (QED) is 0.345. The van der Waals surface area contributed by atoms with Crippen molar-refractivity contribution >= 4 is 11.5 Å². The lowest BCUT2D eigenvalue weighted by Crippen LogP contribution is -2.11. The topological polar surface area (TPSA) is 86.2 Å². The Morgan fingerprint density at radius 3 is 2.48 bits per heavy atom. The van der Waals surface area contributed by atoms with Crippen molar-refractivity contribution in [2.24, 2.45) is 0 Å². The van der Waals surface area contributed by atoms with Gasteiger partial charge in [-0.25, -0.2) is 4.39 Å². The second kappa shape index (κ2) is 7.90. The molecule has 0 saturated carbocycles. The van der Waals surface area contributed by atoms with Crippen LogP contribution in [-0.4, -0.2) is 15.9 Å². The van der Waals surface area contributed by atoms with Crippen LogP contribution in [0.4, 0.5) is 10.1 Å². The van der Waals surface area contributed by atoms with Crippen LogP contribution < -0.4 is 0 Å². The number of carbonyl (C=O) groups is 1. The fourth-order valence-electron chi connectivity index (χ4n) is 3.01. The molecule has 138 valence electrons. The molecular weight excluding hydrogens is 351 g/mol. The molecule has 0 bridgehead atoms. The fourth-order valence-corrected chi connectivity index (χ4v) is 3.01. The maximum absolute atomic E-state index is 13.1. The summed E-state index contributed by atoms with van der Waals surface area (Å²) in [6, 6.07) is 14.6. The zero-order valence-electron chi connectivity index (χ0n) is 14.6. The second-order valence-corrected chi connectivity index (χ2v) is 6.24. The van der Waals surface area contributed by atoms with E-state index in [-0.39, 0.29) is 41.7 Å². The van der Waals surface area contributed by atoms with Crippen molar-refractivity contribution in [3.05, 3.63) is 93.1 Å². The molecule has 2 aromatic carbocycles. The minimum atomic E-state index is -0.523. The number of carbonyl (C=O) groups excluding carboxylic acids is 1. The second-order valence-electron chi connectivity index (χ2n) is 6.24. The van der Waals surface area contributed by atoms with Gasteiger partial charge in [0.2, 0.25) is 5.76 Å². The molecule has 3 rings (SSSR count). The molecule has 3 aromatic rings. The number of halogens is 1. The van der Waals surface area contributed by atoms with Crippen LogP contribution in [0.25, 0.3) is 0 Å². The highest BCUT2D eigenvalue weighted by molar-refractivity contribution is 5.96. The number of nitro groups is 1. The summed E-state index contributed by atoms with van der Waals surface area (Å²) in [7, 11) is 0. The summed E-state index contributed by atoms with van der Waals surface area (Å²) in [6.45, 7) is 1.51. The van der Waals surface area contributed by atoms with E-state index in [1.807, 2.05) is 30.3 Å². The van der Waals surface area contributed by atoms with E-state index in [9.17, 15) is 19.3 Å². The smallest absolute Gasteiger partial charge is 0.334 e. The first kappa shape index (κ1) is 18.4. The predicted molar refractivity (Wildman–Crippen MR) is 96.1 cm³/mol. The van der Waals surface area contributed by atoms with Crippen LogP contribution in [0, 0.1) is 22.9 Å². The Kier molecular flexibility index (Phi) is 5.40. The average Bonchev–Trinajstić information content (AvgIpc) is 3.03. The number of nitrogens with zero attached hydrogens (tertiary/aromatic N) is 2. The van der Waals surface area contributed by atoms with Crippen LogP contribution in [0.5, 0.6) is 0 Å². The minimum Gasteiger partial charge on any atom is -0.354 e. The van der Waals surface area contributed by atoms with Gasteiger partial charge in [-0.1, -0.05) is 35.5 Å². The normalized spacial score (nSPS) is 11.9. The highest BCUT2D eigenvalue weighted by Gasteiger charge is 2.28. The SMILES string of the molecule is Cc1noc(CC(CC(=O)c2ccc(F)cc2)c2ccccc2)c1[N+](=O)[O-]. The van der Waals surface area contributed by atoms with Gasteiger partial charge >= 0.3 is 5.69 Å². The van der Waals surface area contributed by atoms with Gasteiger partial charge in [0.05, 0.1) is 4.92 Å². The van der Waals surface area contributed by atoms with E-state index < -0.39 is 10.7 Å². The third kappa shape index (κ3) is 4.25. The molecule has 0 aliphatic rings. The summed E-state index contributed by atoms with van der Waals surface area (Å²) in [5.41, 5.74) is 1.29. The monoisotopic (exact) mass is 368 g/mol. The van der Waals surface area contributed by atoms with Crippen molar-refractivity contribution < 1.29 is 18.6 Å². The van der Waals surface area contributed by atoms with Gasteiger partial charge in [0.15, 0.2) is 11.5 Å². The van der Waals surface area contributed by atoms with E-state index in [1.165, 1.54) is 31.2 Å². The van der Waals surface area contributed by atoms with Crippen molar-refractivity contribution in [1.82, 2.24) is 5.16 Å². The number of benzene rings is 2. The van der Waals surface area contributed by atoms with E-state index >= 15 is 0 Å². The van der Waals surface area contributed by atoms with Gasteiger partial charge < -0.3 is 4.52 Å². The molecule has 0 N–H and O–H groups in total. The number of hydrogen-bond acceptors (Lipinski definition) is 5. The molecular formula is C20H17FN2O4. The van der Waals surface area contributed by atoms with Gasteiger partial charge in [0.1, 0.15) is 5.82 Å². The lowest BCUT2D eigenvalue weighted by Gasteiger charge is -2.15. The largest absolute Gasteiger partial charge is 0.354 e.